The second kappa shape index (κ2) is 4.35. The van der Waals surface area contributed by atoms with Gasteiger partial charge in [-0.25, -0.2) is 0 Å². The van der Waals surface area contributed by atoms with Crippen molar-refractivity contribution in [1.29, 1.82) is 0 Å². The van der Waals surface area contributed by atoms with Gasteiger partial charge in [-0.2, -0.15) is 0 Å². The van der Waals surface area contributed by atoms with E-state index in [2.05, 4.69) is 0 Å². The van der Waals surface area contributed by atoms with Gasteiger partial charge in [0.25, 0.3) is 0 Å². The lowest BCUT2D eigenvalue weighted by atomic mass is 9.96. The largest absolute Gasteiger partial charge is 0.481 e. The third-order valence-corrected chi connectivity index (χ3v) is 2.83. The van der Waals surface area contributed by atoms with Crippen LogP contribution in [0.4, 0.5) is 0 Å². The van der Waals surface area contributed by atoms with Crippen LogP contribution in [-0.2, 0) is 11.2 Å². The zero-order valence-electron chi connectivity index (χ0n) is 9.18. The molecule has 1 N–H and O–H groups in total. The van der Waals surface area contributed by atoms with Gasteiger partial charge in [0.2, 0.25) is 0 Å². The molecule has 0 saturated carbocycles. The predicted octanol–water partition coefficient (Wildman–Crippen LogP) is 3.10. The lowest BCUT2D eigenvalue weighted by Crippen LogP contribution is -2.12. The molecule has 0 aliphatic heterocycles. The highest BCUT2D eigenvalue weighted by atomic mass is 16.4. The van der Waals surface area contributed by atoms with E-state index in [1.165, 1.54) is 0 Å². The summed E-state index contributed by atoms with van der Waals surface area (Å²) in [4.78, 5) is 10.8. The van der Waals surface area contributed by atoms with Gasteiger partial charge in [0.15, 0.2) is 0 Å². The number of carboxylic acid groups (broad SMARTS) is 1. The summed E-state index contributed by atoms with van der Waals surface area (Å²) in [6.45, 7) is 1.74. The van der Waals surface area contributed by atoms with Gasteiger partial charge in [0.1, 0.15) is 0 Å². The zero-order valence-corrected chi connectivity index (χ0v) is 9.18. The van der Waals surface area contributed by atoms with E-state index in [0.29, 0.717) is 6.42 Å². The van der Waals surface area contributed by atoms with E-state index in [9.17, 15) is 4.79 Å². The van der Waals surface area contributed by atoms with E-state index in [1.807, 2.05) is 42.5 Å². The van der Waals surface area contributed by atoms with E-state index in [1.54, 1.807) is 6.92 Å². The first-order valence-corrected chi connectivity index (χ1v) is 5.38. The summed E-state index contributed by atoms with van der Waals surface area (Å²) in [7, 11) is 0. The van der Waals surface area contributed by atoms with Crippen LogP contribution in [0.15, 0.2) is 42.5 Å². The van der Waals surface area contributed by atoms with E-state index >= 15 is 0 Å². The number of carbonyl (C=O) groups is 1. The first-order valence-electron chi connectivity index (χ1n) is 5.38. The second-order valence-corrected chi connectivity index (χ2v) is 4.08. The van der Waals surface area contributed by atoms with Crippen LogP contribution >= 0.6 is 0 Å². The first kappa shape index (κ1) is 10.7. The number of benzene rings is 2. The Bertz CT molecular complexity index is 512. The molecular weight excluding hydrogens is 200 g/mol. The Morgan fingerprint density at radius 2 is 1.88 bits per heavy atom. The molecule has 2 nitrogen and oxygen atoms in total. The second-order valence-electron chi connectivity index (χ2n) is 4.08. The summed E-state index contributed by atoms with van der Waals surface area (Å²) in [5.74, 6) is -1.08. The highest BCUT2D eigenvalue weighted by molar-refractivity contribution is 5.86. The minimum absolute atomic E-state index is 0.342. The Kier molecular flexibility index (Phi) is 2.91. The van der Waals surface area contributed by atoms with Crippen molar-refractivity contribution in [3.8, 4) is 0 Å². The molecule has 0 aliphatic carbocycles. The van der Waals surface area contributed by atoms with E-state index in [-0.39, 0.29) is 5.92 Å². The minimum Gasteiger partial charge on any atom is -0.481 e. The number of carboxylic acids is 1. The molecule has 82 valence electrons. The van der Waals surface area contributed by atoms with Crippen molar-refractivity contribution < 1.29 is 9.90 Å². The summed E-state index contributed by atoms with van der Waals surface area (Å²) in [5.41, 5.74) is 1.10. The standard InChI is InChI=1S/C14H14O2/c1-10(14(15)16)9-12-7-4-6-11-5-2-3-8-13(11)12/h2-8,10H,9H2,1H3,(H,15,16)/t10-/m0/s1. The maximum absolute atomic E-state index is 10.8. The van der Waals surface area contributed by atoms with Gasteiger partial charge in [-0.3, -0.25) is 4.79 Å². The summed E-state index contributed by atoms with van der Waals surface area (Å²) < 4.78 is 0. The lowest BCUT2D eigenvalue weighted by Gasteiger charge is -2.09. The molecule has 0 saturated heterocycles. The van der Waals surface area contributed by atoms with E-state index in [0.717, 1.165) is 16.3 Å². The number of hydrogen-bond acceptors (Lipinski definition) is 1. The average molecular weight is 214 g/mol. The molecule has 0 spiro atoms. The molecule has 0 fully saturated rings. The van der Waals surface area contributed by atoms with Crippen LogP contribution in [0.2, 0.25) is 0 Å². The fourth-order valence-corrected chi connectivity index (χ4v) is 1.89. The van der Waals surface area contributed by atoms with Gasteiger partial charge in [-0.1, -0.05) is 49.4 Å². The van der Waals surface area contributed by atoms with E-state index in [4.69, 9.17) is 5.11 Å². The molecule has 0 radical (unpaired) electrons. The molecule has 0 amide bonds. The lowest BCUT2D eigenvalue weighted by molar-refractivity contribution is -0.141. The van der Waals surface area contributed by atoms with Crippen LogP contribution in [0, 0.1) is 5.92 Å². The zero-order chi connectivity index (χ0) is 11.5. The third kappa shape index (κ3) is 2.06. The molecule has 0 aromatic heterocycles. The Morgan fingerprint density at radius 1 is 1.19 bits per heavy atom. The van der Waals surface area contributed by atoms with Crippen LogP contribution < -0.4 is 0 Å². The van der Waals surface area contributed by atoms with Gasteiger partial charge in [-0.15, -0.1) is 0 Å². The normalized spacial score (nSPS) is 12.6. The first-order chi connectivity index (χ1) is 7.68. The quantitative estimate of drug-likeness (QED) is 0.852. The molecule has 0 heterocycles. The molecule has 2 heteroatoms. The smallest absolute Gasteiger partial charge is 0.306 e. The van der Waals surface area contributed by atoms with Crippen LogP contribution in [-0.4, -0.2) is 11.1 Å². The number of rotatable bonds is 3. The Labute approximate surface area is 94.5 Å². The third-order valence-electron chi connectivity index (χ3n) is 2.83. The van der Waals surface area contributed by atoms with Crippen LogP contribution in [0.25, 0.3) is 10.8 Å². The number of hydrogen-bond donors (Lipinski definition) is 1. The topological polar surface area (TPSA) is 37.3 Å². The van der Waals surface area contributed by atoms with Gasteiger partial charge in [0.05, 0.1) is 5.92 Å². The van der Waals surface area contributed by atoms with Crippen LogP contribution in [0.3, 0.4) is 0 Å². The summed E-state index contributed by atoms with van der Waals surface area (Å²) in [6, 6.07) is 14.1. The monoisotopic (exact) mass is 214 g/mol. The summed E-state index contributed by atoms with van der Waals surface area (Å²) in [6.07, 6.45) is 0.580. The van der Waals surface area contributed by atoms with E-state index < -0.39 is 5.97 Å². The van der Waals surface area contributed by atoms with Gasteiger partial charge >= 0.3 is 5.97 Å². The van der Waals surface area contributed by atoms with Crippen molar-refractivity contribution in [3.05, 3.63) is 48.0 Å². The molecule has 0 unspecified atom stereocenters. The van der Waals surface area contributed by atoms with Crippen LogP contribution in [0.1, 0.15) is 12.5 Å². The molecule has 0 aliphatic rings. The van der Waals surface area contributed by atoms with Crippen molar-refractivity contribution in [1.82, 2.24) is 0 Å². The number of fused-ring (bicyclic) bond motifs is 1. The fourth-order valence-electron chi connectivity index (χ4n) is 1.89. The van der Waals surface area contributed by atoms with Crippen LogP contribution in [0.5, 0.6) is 0 Å². The van der Waals surface area contributed by atoms with Gasteiger partial charge < -0.3 is 5.11 Å². The van der Waals surface area contributed by atoms with Crippen molar-refractivity contribution in [2.45, 2.75) is 13.3 Å². The maximum Gasteiger partial charge on any atom is 0.306 e. The highest BCUT2D eigenvalue weighted by Crippen LogP contribution is 2.21. The van der Waals surface area contributed by atoms with Gasteiger partial charge in [-0.05, 0) is 22.8 Å². The Hall–Kier alpha value is -1.83. The molecule has 2 rings (SSSR count). The summed E-state index contributed by atoms with van der Waals surface area (Å²) >= 11 is 0. The molecular formula is C14H14O2. The predicted molar refractivity (Wildman–Crippen MR) is 64.5 cm³/mol. The van der Waals surface area contributed by atoms with Crippen molar-refractivity contribution >= 4 is 16.7 Å². The fraction of sp³-hybridized carbons (Fsp3) is 0.214. The number of aliphatic carboxylic acids is 1. The van der Waals surface area contributed by atoms with Gasteiger partial charge in [0, 0.05) is 0 Å². The molecule has 2 aromatic rings. The molecule has 2 aromatic carbocycles. The average Bonchev–Trinajstić information content (AvgIpc) is 2.29. The highest BCUT2D eigenvalue weighted by Gasteiger charge is 2.12. The SMILES string of the molecule is C[C@@H](Cc1cccc2ccccc12)C(=O)O. The molecule has 16 heavy (non-hydrogen) atoms. The van der Waals surface area contributed by atoms with Crippen molar-refractivity contribution in [3.63, 3.8) is 0 Å². The minimum atomic E-state index is -0.743. The summed E-state index contributed by atoms with van der Waals surface area (Å²) in [5, 5.41) is 11.2. The Morgan fingerprint density at radius 3 is 2.62 bits per heavy atom. The van der Waals surface area contributed by atoms with Crippen molar-refractivity contribution in [2.75, 3.05) is 0 Å². The molecule has 0 bridgehead atoms. The Balaban J connectivity index is 2.41. The van der Waals surface area contributed by atoms with Crippen molar-refractivity contribution in [2.24, 2.45) is 5.92 Å². The maximum atomic E-state index is 10.8. The molecule has 1 atom stereocenters.